The number of hydrogen-bond donors (Lipinski definition) is 1. The molecule has 2 N–H and O–H groups in total. The van der Waals surface area contributed by atoms with Gasteiger partial charge in [-0.25, -0.2) is 0 Å². The molecule has 0 saturated carbocycles. The molecule has 1 heterocycles. The fourth-order valence-corrected chi connectivity index (χ4v) is 2.93. The lowest BCUT2D eigenvalue weighted by Crippen LogP contribution is -2.33. The lowest BCUT2D eigenvalue weighted by Gasteiger charge is -2.18. The Labute approximate surface area is 128 Å². The number of benzene rings is 1. The summed E-state index contributed by atoms with van der Waals surface area (Å²) in [6.07, 6.45) is 1.79. The lowest BCUT2D eigenvalue weighted by molar-refractivity contribution is 0.282. The van der Waals surface area contributed by atoms with Gasteiger partial charge in [-0.05, 0) is 31.5 Å². The van der Waals surface area contributed by atoms with Crippen LogP contribution in [0.3, 0.4) is 0 Å². The quantitative estimate of drug-likeness (QED) is 0.817. The summed E-state index contributed by atoms with van der Waals surface area (Å²) in [4.78, 5) is 5.46. The number of thioether (sulfide) groups is 1. The van der Waals surface area contributed by atoms with Crippen LogP contribution in [0.5, 0.6) is 0 Å². The number of nitrogens with two attached hydrogens (primary N) is 1. The number of hydrogen-bond acceptors (Lipinski definition) is 5. The van der Waals surface area contributed by atoms with Gasteiger partial charge in [0, 0.05) is 9.92 Å². The SMILES string of the molecule is CCCC(C)(N)c1nc(CSc2cccc(Cl)c2)no1. The molecule has 0 saturated heterocycles. The fraction of sp³-hybridized carbons (Fsp3) is 0.429. The third-order valence-corrected chi connectivity index (χ3v) is 4.11. The third kappa shape index (κ3) is 3.98. The van der Waals surface area contributed by atoms with E-state index in [4.69, 9.17) is 21.9 Å². The topological polar surface area (TPSA) is 64.9 Å². The summed E-state index contributed by atoms with van der Waals surface area (Å²) in [6.45, 7) is 4.00. The number of halogens is 1. The highest BCUT2D eigenvalue weighted by atomic mass is 35.5. The smallest absolute Gasteiger partial charge is 0.246 e. The second-order valence-electron chi connectivity index (χ2n) is 4.93. The molecule has 4 nitrogen and oxygen atoms in total. The number of aromatic nitrogens is 2. The largest absolute Gasteiger partial charge is 0.337 e. The molecule has 1 atom stereocenters. The minimum atomic E-state index is -0.555. The Morgan fingerprint density at radius 1 is 1.45 bits per heavy atom. The molecule has 0 aliphatic carbocycles. The second-order valence-corrected chi connectivity index (χ2v) is 6.41. The van der Waals surface area contributed by atoms with Crippen molar-refractivity contribution in [2.45, 2.75) is 42.9 Å². The van der Waals surface area contributed by atoms with Crippen molar-refractivity contribution in [2.24, 2.45) is 5.73 Å². The first-order valence-corrected chi connectivity index (χ1v) is 7.88. The molecule has 2 aromatic rings. The predicted molar refractivity (Wildman–Crippen MR) is 81.8 cm³/mol. The van der Waals surface area contributed by atoms with Crippen LogP contribution in [0.25, 0.3) is 0 Å². The summed E-state index contributed by atoms with van der Waals surface area (Å²) >= 11 is 7.56. The molecule has 0 spiro atoms. The molecule has 0 radical (unpaired) electrons. The van der Waals surface area contributed by atoms with E-state index in [0.29, 0.717) is 17.5 Å². The number of nitrogens with zero attached hydrogens (tertiary/aromatic N) is 2. The van der Waals surface area contributed by atoms with Crippen LogP contribution in [0.1, 0.15) is 38.4 Å². The van der Waals surface area contributed by atoms with Gasteiger partial charge >= 0.3 is 0 Å². The molecule has 6 heteroatoms. The van der Waals surface area contributed by atoms with Crippen LogP contribution in [0.4, 0.5) is 0 Å². The van der Waals surface area contributed by atoms with Gasteiger partial charge in [-0.2, -0.15) is 4.98 Å². The molecule has 2 rings (SSSR count). The Morgan fingerprint density at radius 3 is 2.95 bits per heavy atom. The van der Waals surface area contributed by atoms with Gasteiger partial charge in [0.2, 0.25) is 5.89 Å². The highest BCUT2D eigenvalue weighted by Crippen LogP contribution is 2.26. The summed E-state index contributed by atoms with van der Waals surface area (Å²) in [7, 11) is 0. The van der Waals surface area contributed by atoms with Gasteiger partial charge < -0.3 is 10.3 Å². The summed E-state index contributed by atoms with van der Waals surface area (Å²) in [6, 6.07) is 7.69. The molecule has 0 amide bonds. The van der Waals surface area contributed by atoms with E-state index >= 15 is 0 Å². The number of rotatable bonds is 6. The van der Waals surface area contributed by atoms with E-state index in [-0.39, 0.29) is 0 Å². The Bertz CT molecular complexity index is 571. The predicted octanol–water partition coefficient (Wildman–Crippen LogP) is 3.99. The summed E-state index contributed by atoms with van der Waals surface area (Å²) in [5, 5.41) is 4.71. The molecule has 1 aromatic heterocycles. The summed E-state index contributed by atoms with van der Waals surface area (Å²) in [5.74, 6) is 1.78. The maximum atomic E-state index is 6.17. The van der Waals surface area contributed by atoms with Crippen molar-refractivity contribution in [1.29, 1.82) is 0 Å². The van der Waals surface area contributed by atoms with Gasteiger partial charge in [0.1, 0.15) is 0 Å². The monoisotopic (exact) mass is 311 g/mol. The van der Waals surface area contributed by atoms with E-state index in [9.17, 15) is 0 Å². The standard InChI is InChI=1S/C14H18ClN3OS/c1-3-7-14(2,16)13-17-12(18-19-13)9-20-11-6-4-5-10(15)8-11/h4-6,8H,3,7,9,16H2,1-2H3. The van der Waals surface area contributed by atoms with Crippen LogP contribution in [0, 0.1) is 0 Å². The molecule has 1 aromatic carbocycles. The maximum absolute atomic E-state index is 6.17. The van der Waals surface area contributed by atoms with Crippen LogP contribution >= 0.6 is 23.4 Å². The average molecular weight is 312 g/mol. The molecular weight excluding hydrogens is 294 g/mol. The van der Waals surface area contributed by atoms with E-state index in [1.807, 2.05) is 31.2 Å². The van der Waals surface area contributed by atoms with Crippen molar-refractivity contribution in [2.75, 3.05) is 0 Å². The summed E-state index contributed by atoms with van der Waals surface area (Å²) in [5.41, 5.74) is 5.61. The molecular formula is C14H18ClN3OS. The minimum absolute atomic E-state index is 0.501. The molecule has 0 fully saturated rings. The Morgan fingerprint density at radius 2 is 2.25 bits per heavy atom. The maximum Gasteiger partial charge on any atom is 0.246 e. The summed E-state index contributed by atoms with van der Waals surface area (Å²) < 4.78 is 5.27. The zero-order chi connectivity index (χ0) is 14.6. The minimum Gasteiger partial charge on any atom is -0.337 e. The highest BCUT2D eigenvalue weighted by Gasteiger charge is 2.27. The van der Waals surface area contributed by atoms with Crippen molar-refractivity contribution in [3.05, 3.63) is 41.0 Å². The van der Waals surface area contributed by atoms with E-state index in [0.717, 1.165) is 22.8 Å². The van der Waals surface area contributed by atoms with Gasteiger partial charge in [-0.1, -0.05) is 36.2 Å². The van der Waals surface area contributed by atoms with Crippen LogP contribution in [-0.2, 0) is 11.3 Å². The van der Waals surface area contributed by atoms with Crippen molar-refractivity contribution in [3.63, 3.8) is 0 Å². The van der Waals surface area contributed by atoms with Gasteiger partial charge in [0.15, 0.2) is 5.82 Å². The van der Waals surface area contributed by atoms with Crippen molar-refractivity contribution in [1.82, 2.24) is 10.1 Å². The first kappa shape index (κ1) is 15.4. The Balaban J connectivity index is 2.00. The molecule has 20 heavy (non-hydrogen) atoms. The fourth-order valence-electron chi connectivity index (χ4n) is 1.88. The van der Waals surface area contributed by atoms with Gasteiger partial charge in [-0.15, -0.1) is 11.8 Å². The normalized spacial score (nSPS) is 14.2. The molecule has 0 aliphatic rings. The zero-order valence-corrected chi connectivity index (χ0v) is 13.2. The Hall–Kier alpha value is -1.04. The van der Waals surface area contributed by atoms with E-state index in [1.54, 1.807) is 11.8 Å². The lowest BCUT2D eigenvalue weighted by atomic mass is 9.98. The average Bonchev–Trinajstić information content (AvgIpc) is 2.86. The van der Waals surface area contributed by atoms with Crippen molar-refractivity contribution < 1.29 is 4.52 Å². The van der Waals surface area contributed by atoms with Crippen molar-refractivity contribution in [3.8, 4) is 0 Å². The van der Waals surface area contributed by atoms with Gasteiger partial charge in [0.05, 0.1) is 11.3 Å². The van der Waals surface area contributed by atoms with Gasteiger partial charge in [-0.3, -0.25) is 0 Å². The molecule has 108 valence electrons. The molecule has 0 bridgehead atoms. The zero-order valence-electron chi connectivity index (χ0n) is 11.6. The Kier molecular flexibility index (Phi) is 5.07. The highest BCUT2D eigenvalue weighted by molar-refractivity contribution is 7.98. The van der Waals surface area contributed by atoms with E-state index in [2.05, 4.69) is 17.1 Å². The van der Waals surface area contributed by atoms with Crippen LogP contribution in [0.15, 0.2) is 33.7 Å². The van der Waals surface area contributed by atoms with Crippen LogP contribution in [0.2, 0.25) is 5.02 Å². The van der Waals surface area contributed by atoms with Crippen LogP contribution < -0.4 is 5.73 Å². The first-order chi connectivity index (χ1) is 9.51. The molecule has 0 aliphatic heterocycles. The molecule has 1 unspecified atom stereocenters. The van der Waals surface area contributed by atoms with Crippen LogP contribution in [-0.4, -0.2) is 10.1 Å². The first-order valence-electron chi connectivity index (χ1n) is 6.51. The van der Waals surface area contributed by atoms with E-state index in [1.165, 1.54) is 0 Å². The second kappa shape index (κ2) is 6.61. The third-order valence-electron chi connectivity index (χ3n) is 2.89. The van der Waals surface area contributed by atoms with Crippen molar-refractivity contribution >= 4 is 23.4 Å². The van der Waals surface area contributed by atoms with E-state index < -0.39 is 5.54 Å². The van der Waals surface area contributed by atoms with Gasteiger partial charge in [0.25, 0.3) is 0 Å².